The molecular weight excluding hydrogens is 426 g/mol. The Kier molecular flexibility index (Phi) is 6.41. The zero-order valence-electron chi connectivity index (χ0n) is 15.9. The highest BCUT2D eigenvalue weighted by molar-refractivity contribution is 7.99. The number of carbonyl (C=O) groups is 1. The molecule has 0 radical (unpaired) electrons. The van der Waals surface area contributed by atoms with E-state index in [2.05, 4.69) is 15.5 Å². The van der Waals surface area contributed by atoms with Crippen LogP contribution in [-0.4, -0.2) is 44.1 Å². The molecule has 1 aliphatic rings. The monoisotopic (exact) mass is 445 g/mol. The summed E-state index contributed by atoms with van der Waals surface area (Å²) in [4.78, 5) is 23.6. The lowest BCUT2D eigenvalue weighted by atomic mass is 10.2. The van der Waals surface area contributed by atoms with Crippen LogP contribution >= 0.6 is 23.1 Å². The number of non-ortho nitro benzene ring substituents is 1. The second-order valence-electron chi connectivity index (χ2n) is 6.67. The lowest BCUT2D eigenvalue weighted by molar-refractivity contribution is -0.384. The van der Waals surface area contributed by atoms with Crippen LogP contribution in [0.25, 0.3) is 10.7 Å². The Morgan fingerprint density at radius 2 is 2.17 bits per heavy atom. The second kappa shape index (κ2) is 9.37. The van der Waals surface area contributed by atoms with Crippen molar-refractivity contribution >= 4 is 40.4 Å². The number of nitrogens with zero attached hydrogens (tertiary/aromatic N) is 4. The number of amides is 1. The van der Waals surface area contributed by atoms with Gasteiger partial charge in [-0.15, -0.1) is 21.5 Å². The Morgan fingerprint density at radius 1 is 1.33 bits per heavy atom. The third kappa shape index (κ3) is 4.86. The average molecular weight is 446 g/mol. The van der Waals surface area contributed by atoms with Crippen LogP contribution in [0.3, 0.4) is 0 Å². The van der Waals surface area contributed by atoms with E-state index in [0.29, 0.717) is 17.4 Å². The first kappa shape index (κ1) is 20.5. The molecule has 3 aromatic rings. The van der Waals surface area contributed by atoms with E-state index in [4.69, 9.17) is 4.74 Å². The smallest absolute Gasteiger partial charge is 0.269 e. The summed E-state index contributed by atoms with van der Waals surface area (Å²) in [6, 6.07) is 9.69. The number of aromatic nitrogens is 3. The van der Waals surface area contributed by atoms with Crippen LogP contribution < -0.4 is 5.32 Å². The first-order valence-electron chi connectivity index (χ1n) is 9.36. The van der Waals surface area contributed by atoms with Crippen LogP contribution in [0.4, 0.5) is 11.4 Å². The summed E-state index contributed by atoms with van der Waals surface area (Å²) in [5.41, 5.74) is 0.483. The summed E-state index contributed by atoms with van der Waals surface area (Å²) in [5.74, 6) is 0.697. The van der Waals surface area contributed by atoms with Crippen molar-refractivity contribution < 1.29 is 14.5 Å². The minimum absolute atomic E-state index is 0.0225. The molecule has 30 heavy (non-hydrogen) atoms. The first-order chi connectivity index (χ1) is 14.6. The van der Waals surface area contributed by atoms with Gasteiger partial charge in [-0.25, -0.2) is 0 Å². The molecule has 9 nitrogen and oxygen atoms in total. The topological polar surface area (TPSA) is 112 Å². The fourth-order valence-electron chi connectivity index (χ4n) is 3.13. The molecule has 0 bridgehead atoms. The van der Waals surface area contributed by atoms with Crippen LogP contribution in [-0.2, 0) is 16.1 Å². The Morgan fingerprint density at radius 3 is 2.83 bits per heavy atom. The number of carbonyl (C=O) groups excluding carboxylic acids is 1. The lowest BCUT2D eigenvalue weighted by Gasteiger charge is -2.14. The van der Waals surface area contributed by atoms with Crippen molar-refractivity contribution in [3.8, 4) is 10.7 Å². The molecule has 3 heterocycles. The number of anilines is 1. The molecule has 156 valence electrons. The number of rotatable bonds is 8. The van der Waals surface area contributed by atoms with E-state index in [-0.39, 0.29) is 23.5 Å². The van der Waals surface area contributed by atoms with Gasteiger partial charge in [-0.1, -0.05) is 17.8 Å². The summed E-state index contributed by atoms with van der Waals surface area (Å²) >= 11 is 2.89. The molecule has 0 unspecified atom stereocenters. The summed E-state index contributed by atoms with van der Waals surface area (Å²) in [6.07, 6.45) is 2.15. The average Bonchev–Trinajstić information content (AvgIpc) is 3.50. The van der Waals surface area contributed by atoms with Crippen molar-refractivity contribution in [2.75, 3.05) is 17.7 Å². The molecule has 1 amide bonds. The number of nitrogens with one attached hydrogen (secondary N) is 1. The van der Waals surface area contributed by atoms with Gasteiger partial charge in [0, 0.05) is 24.4 Å². The number of thioether (sulfide) groups is 1. The predicted molar refractivity (Wildman–Crippen MR) is 115 cm³/mol. The summed E-state index contributed by atoms with van der Waals surface area (Å²) in [6.45, 7) is 1.41. The number of benzene rings is 1. The third-order valence-corrected chi connectivity index (χ3v) is 6.40. The van der Waals surface area contributed by atoms with Crippen molar-refractivity contribution in [3.05, 3.63) is 51.9 Å². The Bertz CT molecular complexity index is 1010. The van der Waals surface area contributed by atoms with E-state index in [9.17, 15) is 14.9 Å². The van der Waals surface area contributed by atoms with E-state index in [1.54, 1.807) is 11.3 Å². The number of ether oxygens (including phenoxy) is 1. The van der Waals surface area contributed by atoms with E-state index in [1.165, 1.54) is 36.0 Å². The molecule has 1 N–H and O–H groups in total. The van der Waals surface area contributed by atoms with Gasteiger partial charge in [-0.05, 0) is 36.4 Å². The molecule has 11 heteroatoms. The zero-order chi connectivity index (χ0) is 20.9. The van der Waals surface area contributed by atoms with Crippen LogP contribution in [0.1, 0.15) is 12.8 Å². The lowest BCUT2D eigenvalue weighted by Crippen LogP contribution is -2.18. The second-order valence-corrected chi connectivity index (χ2v) is 8.56. The van der Waals surface area contributed by atoms with Gasteiger partial charge < -0.3 is 10.1 Å². The standard InChI is InChI=1S/C19H19N5O4S2/c25-17(20-13-5-7-14(8-6-13)24(26)27)12-30-19-22-21-18(16-4-2-10-29-16)23(19)11-15-3-1-9-28-15/h2,4-8,10,15H,1,3,9,11-12H2,(H,20,25)/t15-/m1/s1. The van der Waals surface area contributed by atoms with Crippen molar-refractivity contribution in [2.24, 2.45) is 0 Å². The normalized spacial score (nSPS) is 15.9. The highest BCUT2D eigenvalue weighted by Gasteiger charge is 2.22. The highest BCUT2D eigenvalue weighted by atomic mass is 32.2. The molecule has 1 fully saturated rings. The Balaban J connectivity index is 1.43. The minimum atomic E-state index is -0.479. The maximum atomic E-state index is 12.3. The SMILES string of the molecule is O=C(CSc1nnc(-c2cccs2)n1C[C@H]1CCCO1)Nc1ccc([N+](=O)[O-])cc1. The zero-order valence-corrected chi connectivity index (χ0v) is 17.5. The van der Waals surface area contributed by atoms with Gasteiger partial charge in [0.25, 0.3) is 5.69 Å². The van der Waals surface area contributed by atoms with E-state index >= 15 is 0 Å². The quantitative estimate of drug-likeness (QED) is 0.319. The molecule has 1 atom stereocenters. The van der Waals surface area contributed by atoms with E-state index in [1.807, 2.05) is 22.1 Å². The van der Waals surface area contributed by atoms with Gasteiger partial charge in [0.1, 0.15) is 0 Å². The highest BCUT2D eigenvalue weighted by Crippen LogP contribution is 2.29. The maximum Gasteiger partial charge on any atom is 0.269 e. The van der Waals surface area contributed by atoms with Crippen molar-refractivity contribution in [3.63, 3.8) is 0 Å². The summed E-state index contributed by atoms with van der Waals surface area (Å²) in [7, 11) is 0. The van der Waals surface area contributed by atoms with Crippen molar-refractivity contribution in [2.45, 2.75) is 30.6 Å². The van der Waals surface area contributed by atoms with Crippen molar-refractivity contribution in [1.82, 2.24) is 14.8 Å². The molecule has 0 aliphatic carbocycles. The number of nitro groups is 1. The van der Waals surface area contributed by atoms with Gasteiger partial charge in [-0.2, -0.15) is 0 Å². The molecular formula is C19H19N5O4S2. The van der Waals surface area contributed by atoms with Crippen LogP contribution in [0, 0.1) is 10.1 Å². The number of hydrogen-bond acceptors (Lipinski definition) is 8. The fraction of sp³-hybridized carbons (Fsp3) is 0.316. The fourth-order valence-corrected chi connectivity index (χ4v) is 4.60. The largest absolute Gasteiger partial charge is 0.376 e. The first-order valence-corrected chi connectivity index (χ1v) is 11.2. The van der Waals surface area contributed by atoms with Gasteiger partial charge in [0.15, 0.2) is 11.0 Å². The van der Waals surface area contributed by atoms with Gasteiger partial charge in [-0.3, -0.25) is 19.5 Å². The number of thiophene rings is 1. The van der Waals surface area contributed by atoms with Gasteiger partial charge in [0.05, 0.1) is 28.2 Å². The van der Waals surface area contributed by atoms with Gasteiger partial charge >= 0.3 is 0 Å². The van der Waals surface area contributed by atoms with Crippen LogP contribution in [0.5, 0.6) is 0 Å². The van der Waals surface area contributed by atoms with Crippen LogP contribution in [0.2, 0.25) is 0 Å². The Labute approximate surface area is 180 Å². The van der Waals surface area contributed by atoms with E-state index in [0.717, 1.165) is 30.2 Å². The molecule has 4 rings (SSSR count). The van der Waals surface area contributed by atoms with Gasteiger partial charge in [0.2, 0.25) is 5.91 Å². The molecule has 1 saturated heterocycles. The minimum Gasteiger partial charge on any atom is -0.376 e. The Hall–Kier alpha value is -2.76. The molecule has 0 saturated carbocycles. The van der Waals surface area contributed by atoms with Crippen LogP contribution in [0.15, 0.2) is 46.9 Å². The number of nitro benzene ring substituents is 1. The molecule has 1 aromatic carbocycles. The summed E-state index contributed by atoms with van der Waals surface area (Å²) in [5, 5.41) is 24.8. The van der Waals surface area contributed by atoms with E-state index < -0.39 is 4.92 Å². The maximum absolute atomic E-state index is 12.3. The third-order valence-electron chi connectivity index (χ3n) is 4.56. The number of hydrogen-bond donors (Lipinski definition) is 1. The predicted octanol–water partition coefficient (Wildman–Crippen LogP) is 3.82. The summed E-state index contributed by atoms with van der Waals surface area (Å²) < 4.78 is 7.79. The molecule has 1 aliphatic heterocycles. The van der Waals surface area contributed by atoms with Crippen molar-refractivity contribution in [1.29, 1.82) is 0 Å². The molecule has 0 spiro atoms. The molecule has 2 aromatic heterocycles.